The number of fused-ring (bicyclic) bond motifs is 1. The van der Waals surface area contributed by atoms with E-state index in [9.17, 15) is 4.79 Å². The van der Waals surface area contributed by atoms with Gasteiger partial charge in [0.1, 0.15) is 10.7 Å². The highest BCUT2D eigenvalue weighted by atomic mass is 32.2. The maximum atomic E-state index is 11.6. The van der Waals surface area contributed by atoms with E-state index in [4.69, 9.17) is 0 Å². The van der Waals surface area contributed by atoms with E-state index in [-0.39, 0.29) is 5.78 Å². The first-order chi connectivity index (χ1) is 7.70. The van der Waals surface area contributed by atoms with E-state index in [1.807, 2.05) is 11.8 Å². The van der Waals surface area contributed by atoms with Crippen molar-refractivity contribution in [3.05, 3.63) is 15.6 Å². The molecule has 2 nitrogen and oxygen atoms in total. The Labute approximate surface area is 105 Å². The molecule has 1 unspecified atom stereocenters. The molecule has 0 amide bonds. The highest BCUT2D eigenvalue weighted by Crippen LogP contribution is 2.29. The van der Waals surface area contributed by atoms with E-state index in [1.54, 1.807) is 11.3 Å². The minimum Gasteiger partial charge on any atom is -0.292 e. The molecular formula is C12H17NOS2. The molecule has 0 saturated carbocycles. The van der Waals surface area contributed by atoms with Gasteiger partial charge in [0.2, 0.25) is 0 Å². The van der Waals surface area contributed by atoms with E-state index in [0.717, 1.165) is 29.3 Å². The highest BCUT2D eigenvalue weighted by molar-refractivity contribution is 7.99. The maximum Gasteiger partial charge on any atom is 0.182 e. The number of aryl methyl sites for hydroxylation is 1. The Morgan fingerprint density at radius 2 is 2.31 bits per heavy atom. The van der Waals surface area contributed by atoms with Crippen LogP contribution < -0.4 is 0 Å². The zero-order valence-corrected chi connectivity index (χ0v) is 11.4. The smallest absolute Gasteiger partial charge is 0.182 e. The molecule has 0 N–H and O–H groups in total. The van der Waals surface area contributed by atoms with E-state index in [2.05, 4.69) is 18.8 Å². The summed E-state index contributed by atoms with van der Waals surface area (Å²) in [7, 11) is 0. The van der Waals surface area contributed by atoms with Crippen LogP contribution in [-0.2, 0) is 12.2 Å². The number of carbonyl (C=O) groups excluding carboxylic acids is 1. The van der Waals surface area contributed by atoms with Gasteiger partial charge in [0, 0.05) is 22.3 Å². The SMILES string of the molecule is CCC(C)SCc1nc2c(s1)CCCC2=O. The Bertz CT molecular complexity index is 386. The lowest BCUT2D eigenvalue weighted by molar-refractivity contribution is 0.0968. The average Bonchev–Trinajstić information content (AvgIpc) is 2.70. The third-order valence-electron chi connectivity index (χ3n) is 2.88. The Kier molecular flexibility index (Phi) is 4.03. The lowest BCUT2D eigenvalue weighted by Crippen LogP contribution is -2.08. The predicted molar refractivity (Wildman–Crippen MR) is 70.4 cm³/mol. The van der Waals surface area contributed by atoms with Crippen molar-refractivity contribution in [1.29, 1.82) is 0 Å². The van der Waals surface area contributed by atoms with Gasteiger partial charge in [0.25, 0.3) is 0 Å². The summed E-state index contributed by atoms with van der Waals surface area (Å²) in [5.74, 6) is 1.21. The van der Waals surface area contributed by atoms with E-state index in [0.29, 0.717) is 11.7 Å². The van der Waals surface area contributed by atoms with Crippen molar-refractivity contribution in [2.24, 2.45) is 0 Å². The van der Waals surface area contributed by atoms with Crippen molar-refractivity contribution in [1.82, 2.24) is 4.98 Å². The summed E-state index contributed by atoms with van der Waals surface area (Å²) in [6.45, 7) is 4.44. The molecule has 1 aliphatic rings. The van der Waals surface area contributed by atoms with Crippen LogP contribution in [-0.4, -0.2) is 16.0 Å². The van der Waals surface area contributed by atoms with Crippen LogP contribution in [0.1, 0.15) is 53.5 Å². The largest absolute Gasteiger partial charge is 0.292 e. The van der Waals surface area contributed by atoms with Crippen LogP contribution in [0.2, 0.25) is 0 Å². The first-order valence-electron chi connectivity index (χ1n) is 5.84. The summed E-state index contributed by atoms with van der Waals surface area (Å²) in [5, 5.41) is 1.81. The van der Waals surface area contributed by atoms with Crippen LogP contribution in [0.3, 0.4) is 0 Å². The number of nitrogens with zero attached hydrogens (tertiary/aromatic N) is 1. The lowest BCUT2D eigenvalue weighted by Gasteiger charge is -2.06. The zero-order chi connectivity index (χ0) is 11.5. The van der Waals surface area contributed by atoms with Gasteiger partial charge in [-0.05, 0) is 19.3 Å². The molecule has 2 rings (SSSR count). The van der Waals surface area contributed by atoms with E-state index < -0.39 is 0 Å². The van der Waals surface area contributed by atoms with Gasteiger partial charge in [-0.15, -0.1) is 11.3 Å². The summed E-state index contributed by atoms with van der Waals surface area (Å²) in [4.78, 5) is 17.3. The second-order valence-corrected chi connectivity index (χ2v) is 6.78. The summed E-state index contributed by atoms with van der Waals surface area (Å²) in [5.41, 5.74) is 0.774. The Morgan fingerprint density at radius 3 is 3.00 bits per heavy atom. The second kappa shape index (κ2) is 5.32. The summed E-state index contributed by atoms with van der Waals surface area (Å²) in [6, 6.07) is 0. The summed E-state index contributed by atoms with van der Waals surface area (Å²) < 4.78 is 0. The highest BCUT2D eigenvalue weighted by Gasteiger charge is 2.22. The molecule has 0 aromatic carbocycles. The molecule has 4 heteroatoms. The van der Waals surface area contributed by atoms with Crippen LogP contribution in [0.25, 0.3) is 0 Å². The first kappa shape index (κ1) is 12.1. The monoisotopic (exact) mass is 255 g/mol. The van der Waals surface area contributed by atoms with Crippen LogP contribution >= 0.6 is 23.1 Å². The van der Waals surface area contributed by atoms with E-state index in [1.165, 1.54) is 11.3 Å². The molecule has 0 fully saturated rings. The second-order valence-electron chi connectivity index (χ2n) is 4.19. The fourth-order valence-electron chi connectivity index (χ4n) is 1.71. The van der Waals surface area contributed by atoms with Gasteiger partial charge in [-0.1, -0.05) is 13.8 Å². The number of thiazole rings is 1. The molecule has 88 valence electrons. The number of carbonyl (C=O) groups is 1. The van der Waals surface area contributed by atoms with Crippen molar-refractivity contribution >= 4 is 28.9 Å². The van der Waals surface area contributed by atoms with Gasteiger partial charge in [0.15, 0.2) is 5.78 Å². The molecular weight excluding hydrogens is 238 g/mol. The Balaban J connectivity index is 2.04. The fourth-order valence-corrected chi connectivity index (χ4v) is 3.80. The Morgan fingerprint density at radius 1 is 1.50 bits per heavy atom. The molecule has 0 saturated heterocycles. The van der Waals surface area contributed by atoms with Gasteiger partial charge in [0.05, 0.1) is 0 Å². The van der Waals surface area contributed by atoms with Crippen molar-refractivity contribution in [3.63, 3.8) is 0 Å². The molecule has 0 aliphatic heterocycles. The maximum absolute atomic E-state index is 11.6. The normalized spacial score (nSPS) is 17.2. The molecule has 0 bridgehead atoms. The first-order valence-corrected chi connectivity index (χ1v) is 7.70. The molecule has 16 heavy (non-hydrogen) atoms. The van der Waals surface area contributed by atoms with Crippen molar-refractivity contribution < 1.29 is 4.79 Å². The van der Waals surface area contributed by atoms with Gasteiger partial charge < -0.3 is 0 Å². The van der Waals surface area contributed by atoms with Crippen LogP contribution in [0.15, 0.2) is 0 Å². The number of aromatic nitrogens is 1. The number of Topliss-reactive ketones (excluding diaryl/α,β-unsaturated/α-hetero) is 1. The van der Waals surface area contributed by atoms with Crippen LogP contribution in [0.5, 0.6) is 0 Å². The molecule has 1 heterocycles. The lowest BCUT2D eigenvalue weighted by atomic mass is 10.0. The molecule has 0 radical (unpaired) electrons. The van der Waals surface area contributed by atoms with E-state index >= 15 is 0 Å². The number of thioether (sulfide) groups is 1. The van der Waals surface area contributed by atoms with Gasteiger partial charge in [-0.2, -0.15) is 11.8 Å². The zero-order valence-electron chi connectivity index (χ0n) is 9.78. The van der Waals surface area contributed by atoms with Crippen molar-refractivity contribution in [3.8, 4) is 0 Å². The Hall–Kier alpha value is -0.350. The molecule has 1 atom stereocenters. The number of hydrogen-bond acceptors (Lipinski definition) is 4. The number of ketones is 1. The minimum absolute atomic E-state index is 0.247. The van der Waals surface area contributed by atoms with Gasteiger partial charge in [-0.25, -0.2) is 4.98 Å². The third kappa shape index (κ3) is 2.66. The molecule has 0 spiro atoms. The molecule has 1 aliphatic carbocycles. The van der Waals surface area contributed by atoms with Crippen molar-refractivity contribution in [2.75, 3.05) is 0 Å². The molecule has 1 aromatic heterocycles. The number of rotatable bonds is 4. The van der Waals surface area contributed by atoms with Gasteiger partial charge in [-0.3, -0.25) is 4.79 Å². The van der Waals surface area contributed by atoms with Gasteiger partial charge >= 0.3 is 0 Å². The van der Waals surface area contributed by atoms with Crippen LogP contribution in [0, 0.1) is 0 Å². The minimum atomic E-state index is 0.247. The topological polar surface area (TPSA) is 30.0 Å². The third-order valence-corrected chi connectivity index (χ3v) is 5.52. The van der Waals surface area contributed by atoms with Crippen LogP contribution in [0.4, 0.5) is 0 Å². The van der Waals surface area contributed by atoms with Crippen molar-refractivity contribution in [2.45, 2.75) is 50.5 Å². The fraction of sp³-hybridized carbons (Fsp3) is 0.667. The summed E-state index contributed by atoms with van der Waals surface area (Å²) in [6.07, 6.45) is 3.93. The molecule has 1 aromatic rings. The quantitative estimate of drug-likeness (QED) is 0.822. The summed E-state index contributed by atoms with van der Waals surface area (Å²) >= 11 is 3.67. The average molecular weight is 255 g/mol. The number of hydrogen-bond donors (Lipinski definition) is 0. The predicted octanol–water partition coefficient (Wildman–Crippen LogP) is 3.69. The standard InChI is InChI=1S/C12H17NOS2/c1-3-8(2)15-7-11-13-12-9(14)5-4-6-10(12)16-11/h8H,3-7H2,1-2H3.